The van der Waals surface area contributed by atoms with Crippen molar-refractivity contribution >= 4 is 17.1 Å². The van der Waals surface area contributed by atoms with Gasteiger partial charge in [-0.15, -0.1) is 0 Å². The fraction of sp³-hybridized carbons (Fsp3) is 0.250. The number of carbonyl (C=O) groups is 1. The first-order valence-corrected chi connectivity index (χ1v) is 7.47. The summed E-state index contributed by atoms with van der Waals surface area (Å²) < 4.78 is 3.68. The van der Waals surface area contributed by atoms with Crippen LogP contribution in [0.3, 0.4) is 0 Å². The molecule has 1 aromatic carbocycles. The number of carboxylic acids is 1. The van der Waals surface area contributed by atoms with Gasteiger partial charge in [-0.1, -0.05) is 30.3 Å². The molecule has 0 bridgehead atoms. The van der Waals surface area contributed by atoms with E-state index < -0.39 is 23.8 Å². The molecule has 0 aliphatic rings. The molecule has 2 aromatic heterocycles. The van der Waals surface area contributed by atoms with Crippen LogP contribution < -0.4 is 11.2 Å². The fourth-order valence-electron chi connectivity index (χ4n) is 2.66. The number of rotatable bonds is 5. The van der Waals surface area contributed by atoms with Crippen LogP contribution in [0.15, 0.2) is 46.2 Å². The van der Waals surface area contributed by atoms with Crippen LogP contribution in [-0.4, -0.2) is 29.8 Å². The molecule has 0 unspecified atom stereocenters. The van der Waals surface area contributed by atoms with E-state index in [2.05, 4.69) is 4.98 Å². The molecule has 3 rings (SSSR count). The number of hydrogen-bond acceptors (Lipinski definition) is 4. The lowest BCUT2D eigenvalue weighted by Gasteiger charge is -2.11. The lowest BCUT2D eigenvalue weighted by atomic mass is 10.2. The Labute approximate surface area is 136 Å². The van der Waals surface area contributed by atoms with Crippen LogP contribution in [0.1, 0.15) is 12.5 Å². The van der Waals surface area contributed by atoms with Gasteiger partial charge in [0.25, 0.3) is 5.56 Å². The number of imidazole rings is 1. The minimum Gasteiger partial charge on any atom is -0.480 e. The van der Waals surface area contributed by atoms with Crippen LogP contribution in [0.25, 0.3) is 11.2 Å². The van der Waals surface area contributed by atoms with E-state index in [0.29, 0.717) is 6.54 Å². The summed E-state index contributed by atoms with van der Waals surface area (Å²) in [4.78, 5) is 40.4. The van der Waals surface area contributed by atoms with E-state index in [0.717, 1.165) is 10.1 Å². The number of aromatic nitrogens is 4. The highest BCUT2D eigenvalue weighted by atomic mass is 16.4. The molecule has 0 spiro atoms. The summed E-state index contributed by atoms with van der Waals surface area (Å²) in [6.45, 7) is 1.85. The summed E-state index contributed by atoms with van der Waals surface area (Å²) >= 11 is 0. The van der Waals surface area contributed by atoms with E-state index in [9.17, 15) is 14.4 Å². The van der Waals surface area contributed by atoms with Crippen LogP contribution in [0.5, 0.6) is 0 Å². The first-order chi connectivity index (χ1) is 11.5. The van der Waals surface area contributed by atoms with E-state index >= 15 is 0 Å². The zero-order valence-electron chi connectivity index (χ0n) is 13.0. The topological polar surface area (TPSA) is 99.1 Å². The molecule has 2 heterocycles. The Morgan fingerprint density at radius 2 is 1.88 bits per heavy atom. The quantitative estimate of drug-likeness (QED) is 0.736. The molecule has 124 valence electrons. The van der Waals surface area contributed by atoms with E-state index in [1.807, 2.05) is 37.3 Å². The summed E-state index contributed by atoms with van der Waals surface area (Å²) in [6.07, 6.45) is 1.48. The SMILES string of the molecule is CCn1cnc2c1c(=O)n(CC(=O)O)c(=O)n2Cc1ccccc1. The highest BCUT2D eigenvalue weighted by molar-refractivity contribution is 5.71. The molecule has 0 atom stereocenters. The Bertz CT molecular complexity index is 1010. The third-order valence-electron chi connectivity index (χ3n) is 3.80. The van der Waals surface area contributed by atoms with Crippen molar-refractivity contribution in [2.75, 3.05) is 0 Å². The van der Waals surface area contributed by atoms with Crippen LogP contribution in [-0.2, 0) is 24.4 Å². The minimum atomic E-state index is -1.25. The minimum absolute atomic E-state index is 0.205. The molecule has 0 fully saturated rings. The summed E-state index contributed by atoms with van der Waals surface area (Å²) in [5.41, 5.74) is 0.0280. The molecule has 24 heavy (non-hydrogen) atoms. The lowest BCUT2D eigenvalue weighted by Crippen LogP contribution is -2.42. The van der Waals surface area contributed by atoms with Gasteiger partial charge >= 0.3 is 11.7 Å². The summed E-state index contributed by atoms with van der Waals surface area (Å²) in [7, 11) is 0. The number of benzene rings is 1. The molecule has 0 radical (unpaired) electrons. The number of carboxylic acid groups (broad SMARTS) is 1. The third-order valence-corrected chi connectivity index (χ3v) is 3.80. The van der Waals surface area contributed by atoms with Gasteiger partial charge in [0.2, 0.25) is 0 Å². The van der Waals surface area contributed by atoms with Gasteiger partial charge in [-0.05, 0) is 12.5 Å². The van der Waals surface area contributed by atoms with E-state index in [1.165, 1.54) is 10.9 Å². The predicted molar refractivity (Wildman–Crippen MR) is 87.1 cm³/mol. The molecule has 0 saturated carbocycles. The van der Waals surface area contributed by atoms with Crippen molar-refractivity contribution in [3.8, 4) is 0 Å². The molecule has 1 N–H and O–H groups in total. The van der Waals surface area contributed by atoms with Crippen molar-refractivity contribution in [3.05, 3.63) is 63.1 Å². The molecule has 0 saturated heterocycles. The normalized spacial score (nSPS) is 11.0. The molecule has 3 aromatic rings. The maximum Gasteiger partial charge on any atom is 0.333 e. The van der Waals surface area contributed by atoms with Crippen molar-refractivity contribution in [2.45, 2.75) is 26.6 Å². The molecular weight excluding hydrogens is 312 g/mol. The number of fused-ring (bicyclic) bond motifs is 1. The Kier molecular flexibility index (Phi) is 4.03. The van der Waals surface area contributed by atoms with Gasteiger partial charge in [0.15, 0.2) is 11.2 Å². The number of nitrogens with zero attached hydrogens (tertiary/aromatic N) is 4. The zero-order chi connectivity index (χ0) is 17.3. The Hall–Kier alpha value is -3.16. The molecule has 8 nitrogen and oxygen atoms in total. The average molecular weight is 328 g/mol. The van der Waals surface area contributed by atoms with Gasteiger partial charge in [-0.3, -0.25) is 14.2 Å². The molecule has 0 amide bonds. The molecule has 8 heteroatoms. The highest BCUT2D eigenvalue weighted by Gasteiger charge is 2.19. The first kappa shape index (κ1) is 15.7. The van der Waals surface area contributed by atoms with E-state index in [-0.39, 0.29) is 17.7 Å². The molecule has 0 aliphatic heterocycles. The van der Waals surface area contributed by atoms with Crippen molar-refractivity contribution in [2.24, 2.45) is 0 Å². The number of aryl methyl sites for hydroxylation is 1. The summed E-state index contributed by atoms with van der Waals surface area (Å²) in [5.74, 6) is -1.25. The summed E-state index contributed by atoms with van der Waals surface area (Å²) in [5, 5.41) is 9.02. The third kappa shape index (κ3) is 2.62. The second-order valence-electron chi connectivity index (χ2n) is 5.34. The maximum atomic E-state index is 12.7. The Morgan fingerprint density at radius 1 is 1.17 bits per heavy atom. The summed E-state index contributed by atoms with van der Waals surface area (Å²) in [6, 6.07) is 9.24. The first-order valence-electron chi connectivity index (χ1n) is 7.47. The van der Waals surface area contributed by atoms with Gasteiger partial charge < -0.3 is 9.67 Å². The van der Waals surface area contributed by atoms with E-state index in [1.54, 1.807) is 4.57 Å². The maximum absolute atomic E-state index is 12.7. The van der Waals surface area contributed by atoms with Gasteiger partial charge in [0, 0.05) is 6.54 Å². The second kappa shape index (κ2) is 6.15. The fourth-order valence-corrected chi connectivity index (χ4v) is 2.66. The Balaban J connectivity index is 2.31. The second-order valence-corrected chi connectivity index (χ2v) is 5.34. The zero-order valence-corrected chi connectivity index (χ0v) is 13.0. The van der Waals surface area contributed by atoms with Crippen LogP contribution >= 0.6 is 0 Å². The van der Waals surface area contributed by atoms with Gasteiger partial charge in [0.1, 0.15) is 6.54 Å². The van der Waals surface area contributed by atoms with Gasteiger partial charge in [0.05, 0.1) is 12.9 Å². The van der Waals surface area contributed by atoms with Crippen molar-refractivity contribution in [1.82, 2.24) is 18.7 Å². The van der Waals surface area contributed by atoms with Gasteiger partial charge in [-0.2, -0.15) is 0 Å². The smallest absolute Gasteiger partial charge is 0.333 e. The standard InChI is InChI=1S/C16H16N4O4/c1-2-18-10-17-14-13(18)15(23)20(9-12(21)22)16(24)19(14)8-11-6-4-3-5-7-11/h3-7,10H,2,8-9H2,1H3,(H,21,22). The monoisotopic (exact) mass is 328 g/mol. The lowest BCUT2D eigenvalue weighted by molar-refractivity contribution is -0.137. The number of hydrogen-bond donors (Lipinski definition) is 1. The van der Waals surface area contributed by atoms with Crippen molar-refractivity contribution in [3.63, 3.8) is 0 Å². The van der Waals surface area contributed by atoms with Gasteiger partial charge in [-0.25, -0.2) is 14.3 Å². The van der Waals surface area contributed by atoms with Crippen molar-refractivity contribution in [1.29, 1.82) is 0 Å². The van der Waals surface area contributed by atoms with Crippen LogP contribution in [0.2, 0.25) is 0 Å². The van der Waals surface area contributed by atoms with Crippen LogP contribution in [0, 0.1) is 0 Å². The largest absolute Gasteiger partial charge is 0.480 e. The Morgan fingerprint density at radius 3 is 2.50 bits per heavy atom. The van der Waals surface area contributed by atoms with E-state index in [4.69, 9.17) is 5.11 Å². The molecular formula is C16H16N4O4. The molecule has 0 aliphatic carbocycles. The average Bonchev–Trinajstić information content (AvgIpc) is 3.00. The number of aliphatic carboxylic acids is 1. The highest BCUT2D eigenvalue weighted by Crippen LogP contribution is 2.09. The van der Waals surface area contributed by atoms with Crippen LogP contribution in [0.4, 0.5) is 0 Å². The predicted octanol–water partition coefficient (Wildman–Crippen LogP) is 0.512. The van der Waals surface area contributed by atoms with Crippen molar-refractivity contribution < 1.29 is 9.90 Å².